The third-order valence-corrected chi connectivity index (χ3v) is 4.34. The van der Waals surface area contributed by atoms with Gasteiger partial charge in [0, 0.05) is 6.42 Å². The lowest BCUT2D eigenvalue weighted by Gasteiger charge is -2.00. The fourth-order valence-electron chi connectivity index (χ4n) is 2.67. The Morgan fingerprint density at radius 2 is 1.21 bits per heavy atom. The lowest BCUT2D eigenvalue weighted by Crippen LogP contribution is -2.03. The van der Waals surface area contributed by atoms with Crippen LogP contribution in [0.5, 0.6) is 0 Å². The van der Waals surface area contributed by atoms with Crippen molar-refractivity contribution < 1.29 is 24.5 Å². The number of allylic oxidation sites excluding steroid dienone is 2. The fraction of sp³-hybridized carbons (Fsp3) is 0.870. The number of hydrogen-bond donors (Lipinski definition) is 2. The molecule has 0 amide bonds. The second-order valence-electron chi connectivity index (χ2n) is 6.97. The molecular weight excluding hydrogens is 356 g/mol. The molecule has 0 unspecified atom stereocenters. The number of rotatable bonds is 19. The number of esters is 1. The summed E-state index contributed by atoms with van der Waals surface area (Å²) in [5, 5.41) is 16.2. The van der Waals surface area contributed by atoms with Gasteiger partial charge in [0.25, 0.3) is 0 Å². The molecule has 0 aromatic carbocycles. The first-order valence-corrected chi connectivity index (χ1v) is 11.2. The predicted molar refractivity (Wildman–Crippen MR) is 116 cm³/mol. The molecule has 0 aromatic rings. The van der Waals surface area contributed by atoms with Crippen LogP contribution in [0.4, 0.5) is 0 Å². The number of aliphatic hydroxyl groups excluding tert-OH is 2. The second kappa shape index (κ2) is 28.3. The summed E-state index contributed by atoms with van der Waals surface area (Å²) in [4.78, 5) is 10.9. The molecule has 0 saturated carbocycles. The molecule has 0 aliphatic rings. The van der Waals surface area contributed by atoms with Crippen molar-refractivity contribution in [2.24, 2.45) is 0 Å². The van der Waals surface area contributed by atoms with Crippen LogP contribution in [-0.2, 0) is 14.3 Å². The van der Waals surface area contributed by atoms with Crippen LogP contribution in [0.3, 0.4) is 0 Å². The monoisotopic (exact) mass is 402 g/mol. The first-order chi connectivity index (χ1) is 13.7. The SMILES string of the molecule is CCCCCCCC/C=C\CCCCCCCC(=O)OC.OCCOCCO. The Bertz CT molecular complexity index is 314. The molecule has 168 valence electrons. The van der Waals surface area contributed by atoms with E-state index < -0.39 is 0 Å². The molecule has 28 heavy (non-hydrogen) atoms. The van der Waals surface area contributed by atoms with E-state index in [1.807, 2.05) is 0 Å². The van der Waals surface area contributed by atoms with Crippen LogP contribution in [0.15, 0.2) is 12.2 Å². The minimum atomic E-state index is -0.0763. The highest BCUT2D eigenvalue weighted by molar-refractivity contribution is 5.68. The van der Waals surface area contributed by atoms with Crippen LogP contribution in [-0.4, -0.2) is 49.7 Å². The molecule has 0 aliphatic heterocycles. The van der Waals surface area contributed by atoms with Crippen LogP contribution >= 0.6 is 0 Å². The first kappa shape index (κ1) is 29.3. The highest BCUT2D eigenvalue weighted by Crippen LogP contribution is 2.10. The van der Waals surface area contributed by atoms with E-state index in [9.17, 15) is 4.79 Å². The molecule has 0 atom stereocenters. The Morgan fingerprint density at radius 3 is 1.68 bits per heavy atom. The number of aliphatic hydroxyl groups is 2. The Kier molecular flexibility index (Phi) is 29.6. The average Bonchev–Trinajstić information content (AvgIpc) is 2.71. The molecule has 2 N–H and O–H groups in total. The van der Waals surface area contributed by atoms with Gasteiger partial charge in [-0.3, -0.25) is 4.79 Å². The molecule has 0 spiro atoms. The number of methoxy groups -OCH3 is 1. The van der Waals surface area contributed by atoms with Crippen molar-refractivity contribution >= 4 is 5.97 Å². The number of carbonyl (C=O) groups is 1. The zero-order valence-electron chi connectivity index (χ0n) is 18.5. The second-order valence-corrected chi connectivity index (χ2v) is 6.97. The van der Waals surface area contributed by atoms with E-state index in [2.05, 4.69) is 28.5 Å². The molecule has 5 heteroatoms. The number of carbonyl (C=O) groups excluding carboxylic acids is 1. The lowest BCUT2D eigenvalue weighted by atomic mass is 10.1. The van der Waals surface area contributed by atoms with Gasteiger partial charge < -0.3 is 19.7 Å². The van der Waals surface area contributed by atoms with Gasteiger partial charge in [0.2, 0.25) is 0 Å². The van der Waals surface area contributed by atoms with Gasteiger partial charge in [-0.15, -0.1) is 0 Å². The smallest absolute Gasteiger partial charge is 0.305 e. The zero-order chi connectivity index (χ0) is 21.1. The minimum Gasteiger partial charge on any atom is -0.469 e. The topological polar surface area (TPSA) is 76.0 Å². The highest BCUT2D eigenvalue weighted by atomic mass is 16.5. The van der Waals surface area contributed by atoms with E-state index in [0.29, 0.717) is 19.6 Å². The summed E-state index contributed by atoms with van der Waals surface area (Å²) in [6.07, 6.45) is 22.0. The van der Waals surface area contributed by atoms with Crippen LogP contribution in [0.2, 0.25) is 0 Å². The van der Waals surface area contributed by atoms with Crippen molar-refractivity contribution in [3.05, 3.63) is 12.2 Å². The Morgan fingerprint density at radius 1 is 0.750 bits per heavy atom. The van der Waals surface area contributed by atoms with E-state index in [1.54, 1.807) is 0 Å². The van der Waals surface area contributed by atoms with Gasteiger partial charge in [-0.05, 0) is 32.1 Å². The third-order valence-electron chi connectivity index (χ3n) is 4.34. The van der Waals surface area contributed by atoms with Crippen molar-refractivity contribution in [2.45, 2.75) is 96.8 Å². The van der Waals surface area contributed by atoms with E-state index >= 15 is 0 Å². The Balaban J connectivity index is 0. The van der Waals surface area contributed by atoms with E-state index in [0.717, 1.165) is 12.8 Å². The Labute approximate surface area is 173 Å². The first-order valence-electron chi connectivity index (χ1n) is 11.2. The van der Waals surface area contributed by atoms with Crippen LogP contribution in [0, 0.1) is 0 Å². The van der Waals surface area contributed by atoms with Crippen molar-refractivity contribution in [1.82, 2.24) is 0 Å². The molecule has 0 aromatic heterocycles. The molecule has 0 bridgehead atoms. The van der Waals surface area contributed by atoms with Gasteiger partial charge in [-0.2, -0.15) is 0 Å². The van der Waals surface area contributed by atoms with Gasteiger partial charge in [0.05, 0.1) is 33.5 Å². The predicted octanol–water partition coefficient (Wildman–Crippen LogP) is 5.18. The summed E-state index contributed by atoms with van der Waals surface area (Å²) in [6.45, 7) is 2.96. The van der Waals surface area contributed by atoms with Gasteiger partial charge >= 0.3 is 5.97 Å². The maximum Gasteiger partial charge on any atom is 0.305 e. The number of ether oxygens (including phenoxy) is 2. The molecule has 0 aliphatic carbocycles. The van der Waals surface area contributed by atoms with Gasteiger partial charge in [0.1, 0.15) is 0 Å². The minimum absolute atomic E-state index is 0.0278. The molecule has 0 rings (SSSR count). The molecule has 5 nitrogen and oxygen atoms in total. The molecular formula is C23H46O5. The van der Waals surface area contributed by atoms with Crippen molar-refractivity contribution in [3.8, 4) is 0 Å². The highest BCUT2D eigenvalue weighted by Gasteiger charge is 1.98. The molecule has 0 heterocycles. The number of hydrogen-bond acceptors (Lipinski definition) is 5. The largest absolute Gasteiger partial charge is 0.469 e. The fourth-order valence-corrected chi connectivity index (χ4v) is 2.67. The van der Waals surface area contributed by atoms with Crippen LogP contribution in [0.1, 0.15) is 96.8 Å². The standard InChI is InChI=1S/C19H36O2.C4H10O3/c1-3-4-5-6-7-8-9-10-11-12-13-14-15-16-17-18-19(20)21-2;5-1-3-7-4-2-6/h10-11H,3-9,12-18H2,1-2H3;5-6H,1-4H2/b11-10-;. The summed E-state index contributed by atoms with van der Waals surface area (Å²) in [7, 11) is 1.46. The van der Waals surface area contributed by atoms with E-state index in [1.165, 1.54) is 77.7 Å². The summed E-state index contributed by atoms with van der Waals surface area (Å²) < 4.78 is 9.25. The van der Waals surface area contributed by atoms with Gasteiger partial charge in [-0.25, -0.2) is 0 Å². The quantitative estimate of drug-likeness (QED) is 0.177. The maximum absolute atomic E-state index is 10.9. The normalized spacial score (nSPS) is 10.7. The van der Waals surface area contributed by atoms with Crippen LogP contribution < -0.4 is 0 Å². The number of unbranched alkanes of at least 4 members (excludes halogenated alkanes) is 11. The average molecular weight is 403 g/mol. The summed E-state index contributed by atoms with van der Waals surface area (Å²) in [6, 6.07) is 0. The summed E-state index contributed by atoms with van der Waals surface area (Å²) in [5.41, 5.74) is 0. The molecule has 0 fully saturated rings. The van der Waals surface area contributed by atoms with Crippen molar-refractivity contribution in [3.63, 3.8) is 0 Å². The van der Waals surface area contributed by atoms with Gasteiger partial charge in [-0.1, -0.05) is 70.4 Å². The Hall–Kier alpha value is -0.910. The van der Waals surface area contributed by atoms with Gasteiger partial charge in [0.15, 0.2) is 0 Å². The van der Waals surface area contributed by atoms with Crippen molar-refractivity contribution in [1.29, 1.82) is 0 Å². The third kappa shape index (κ3) is 29.8. The summed E-state index contributed by atoms with van der Waals surface area (Å²) in [5.74, 6) is -0.0763. The summed E-state index contributed by atoms with van der Waals surface area (Å²) >= 11 is 0. The molecule has 0 radical (unpaired) electrons. The van der Waals surface area contributed by atoms with Crippen molar-refractivity contribution in [2.75, 3.05) is 33.5 Å². The zero-order valence-corrected chi connectivity index (χ0v) is 18.5. The van der Waals surface area contributed by atoms with E-state index in [4.69, 9.17) is 10.2 Å². The van der Waals surface area contributed by atoms with E-state index in [-0.39, 0.29) is 19.2 Å². The van der Waals surface area contributed by atoms with Crippen LogP contribution in [0.25, 0.3) is 0 Å². The maximum atomic E-state index is 10.9. The molecule has 0 saturated heterocycles. The lowest BCUT2D eigenvalue weighted by molar-refractivity contribution is -0.140.